The van der Waals surface area contributed by atoms with Crippen LogP contribution in [0.4, 0.5) is 4.79 Å². The molecule has 0 radical (unpaired) electrons. The molecule has 0 aliphatic rings. The first kappa shape index (κ1) is 15.1. The van der Waals surface area contributed by atoms with E-state index in [1.807, 2.05) is 42.0 Å². The van der Waals surface area contributed by atoms with Crippen LogP contribution in [0.1, 0.15) is 12.5 Å². The van der Waals surface area contributed by atoms with Crippen LogP contribution >= 0.6 is 0 Å². The van der Waals surface area contributed by atoms with E-state index >= 15 is 0 Å². The molecule has 6 nitrogen and oxygen atoms in total. The van der Waals surface area contributed by atoms with Gasteiger partial charge in [-0.2, -0.15) is 0 Å². The average Bonchev–Trinajstić information content (AvgIpc) is 3.04. The first-order chi connectivity index (χ1) is 10.3. The minimum absolute atomic E-state index is 0.0348. The molecule has 0 saturated carbocycles. The van der Waals surface area contributed by atoms with E-state index in [9.17, 15) is 4.79 Å². The van der Waals surface area contributed by atoms with E-state index < -0.39 is 0 Å². The fourth-order valence-corrected chi connectivity index (χ4v) is 2.12. The molecule has 2 aromatic rings. The summed E-state index contributed by atoms with van der Waals surface area (Å²) in [6.07, 6.45) is 5.31. The molecule has 0 aliphatic heterocycles. The van der Waals surface area contributed by atoms with Crippen LogP contribution in [0.25, 0.3) is 5.69 Å². The molecular weight excluding hydrogens is 268 g/mol. The molecule has 0 bridgehead atoms. The van der Waals surface area contributed by atoms with Crippen LogP contribution in [-0.2, 0) is 6.54 Å². The number of rotatable bonds is 6. The van der Waals surface area contributed by atoms with Gasteiger partial charge in [0.05, 0.1) is 18.6 Å². The van der Waals surface area contributed by atoms with Crippen LogP contribution in [0.2, 0.25) is 0 Å². The number of urea groups is 1. The van der Waals surface area contributed by atoms with Crippen LogP contribution in [-0.4, -0.2) is 45.3 Å². The molecule has 2 rings (SSSR count). The Kier molecular flexibility index (Phi) is 5.34. The lowest BCUT2D eigenvalue weighted by Crippen LogP contribution is -2.41. The zero-order chi connectivity index (χ0) is 15.1. The molecule has 1 heterocycles. The summed E-state index contributed by atoms with van der Waals surface area (Å²) in [6.45, 7) is 3.18. The number of nitrogens with one attached hydrogen (secondary N) is 1. The summed E-state index contributed by atoms with van der Waals surface area (Å²) in [6, 6.07) is 7.66. The van der Waals surface area contributed by atoms with Gasteiger partial charge >= 0.3 is 6.03 Å². The van der Waals surface area contributed by atoms with Crippen LogP contribution in [0.15, 0.2) is 43.0 Å². The maximum atomic E-state index is 12.0. The van der Waals surface area contributed by atoms with Gasteiger partial charge in [-0.1, -0.05) is 18.2 Å². The van der Waals surface area contributed by atoms with E-state index in [4.69, 9.17) is 5.11 Å². The Morgan fingerprint density at radius 3 is 2.90 bits per heavy atom. The number of likely N-dealkylation sites (N-methyl/N-ethyl adjacent to an activating group) is 1. The van der Waals surface area contributed by atoms with Crippen molar-refractivity contribution in [1.82, 2.24) is 19.8 Å². The fourth-order valence-electron chi connectivity index (χ4n) is 2.12. The SMILES string of the molecule is CCN(CCO)C(=O)NCc1ccccc1-n1ccnc1. The summed E-state index contributed by atoms with van der Waals surface area (Å²) in [5.74, 6) is 0. The second-order valence-corrected chi connectivity index (χ2v) is 4.56. The zero-order valence-corrected chi connectivity index (χ0v) is 12.1. The molecule has 1 aromatic carbocycles. The molecular formula is C15H20N4O2. The maximum absolute atomic E-state index is 12.0. The number of benzene rings is 1. The number of hydrogen-bond donors (Lipinski definition) is 2. The normalized spacial score (nSPS) is 10.4. The number of amides is 2. The Hall–Kier alpha value is -2.34. The van der Waals surface area contributed by atoms with E-state index in [0.717, 1.165) is 11.3 Å². The van der Waals surface area contributed by atoms with Crippen molar-refractivity contribution in [3.63, 3.8) is 0 Å². The first-order valence-electron chi connectivity index (χ1n) is 6.96. The van der Waals surface area contributed by atoms with Crippen molar-refractivity contribution in [3.8, 4) is 5.69 Å². The van der Waals surface area contributed by atoms with Gasteiger partial charge in [-0.05, 0) is 18.6 Å². The van der Waals surface area contributed by atoms with Gasteiger partial charge in [0.25, 0.3) is 0 Å². The van der Waals surface area contributed by atoms with Crippen LogP contribution < -0.4 is 5.32 Å². The highest BCUT2D eigenvalue weighted by Gasteiger charge is 2.11. The lowest BCUT2D eigenvalue weighted by Gasteiger charge is -2.20. The Bertz CT molecular complexity index is 569. The molecule has 0 aliphatic carbocycles. The highest BCUT2D eigenvalue weighted by molar-refractivity contribution is 5.74. The van der Waals surface area contributed by atoms with Crippen molar-refractivity contribution in [2.24, 2.45) is 0 Å². The summed E-state index contributed by atoms with van der Waals surface area (Å²) >= 11 is 0. The zero-order valence-electron chi connectivity index (χ0n) is 12.1. The van der Waals surface area contributed by atoms with Crippen molar-refractivity contribution < 1.29 is 9.90 Å². The van der Waals surface area contributed by atoms with Crippen LogP contribution in [0.5, 0.6) is 0 Å². The number of imidazole rings is 1. The lowest BCUT2D eigenvalue weighted by molar-refractivity contribution is 0.180. The predicted octanol–water partition coefficient (Wildman–Crippen LogP) is 1.40. The van der Waals surface area contributed by atoms with Crippen LogP contribution in [0, 0.1) is 0 Å². The molecule has 21 heavy (non-hydrogen) atoms. The quantitative estimate of drug-likeness (QED) is 0.844. The fraction of sp³-hybridized carbons (Fsp3) is 0.333. The summed E-state index contributed by atoms with van der Waals surface area (Å²) < 4.78 is 1.91. The number of aromatic nitrogens is 2. The summed E-state index contributed by atoms with van der Waals surface area (Å²) in [5, 5.41) is 11.8. The third-order valence-electron chi connectivity index (χ3n) is 3.24. The molecule has 1 aromatic heterocycles. The van der Waals surface area contributed by atoms with E-state index in [0.29, 0.717) is 19.6 Å². The number of carbonyl (C=O) groups excluding carboxylic acids is 1. The van der Waals surface area contributed by atoms with Gasteiger partial charge in [-0.3, -0.25) is 0 Å². The summed E-state index contributed by atoms with van der Waals surface area (Å²) in [5.41, 5.74) is 1.99. The van der Waals surface area contributed by atoms with Gasteiger partial charge in [-0.15, -0.1) is 0 Å². The minimum atomic E-state index is -0.174. The largest absolute Gasteiger partial charge is 0.395 e. The van der Waals surface area contributed by atoms with E-state index in [-0.39, 0.29) is 12.6 Å². The third-order valence-corrected chi connectivity index (χ3v) is 3.24. The lowest BCUT2D eigenvalue weighted by atomic mass is 10.1. The van der Waals surface area contributed by atoms with E-state index in [1.54, 1.807) is 17.4 Å². The molecule has 0 saturated heterocycles. The topological polar surface area (TPSA) is 70.4 Å². The van der Waals surface area contributed by atoms with Gasteiger partial charge in [0, 0.05) is 32.0 Å². The number of nitrogens with zero attached hydrogens (tertiary/aromatic N) is 3. The van der Waals surface area contributed by atoms with Crippen molar-refractivity contribution in [2.75, 3.05) is 19.7 Å². The Morgan fingerprint density at radius 2 is 2.24 bits per heavy atom. The Morgan fingerprint density at radius 1 is 1.43 bits per heavy atom. The predicted molar refractivity (Wildman–Crippen MR) is 80.1 cm³/mol. The number of carbonyl (C=O) groups is 1. The first-order valence-corrected chi connectivity index (χ1v) is 6.96. The highest BCUT2D eigenvalue weighted by Crippen LogP contribution is 2.13. The summed E-state index contributed by atoms with van der Waals surface area (Å²) in [7, 11) is 0. The molecule has 0 fully saturated rings. The number of para-hydroxylation sites is 1. The van der Waals surface area contributed by atoms with Gasteiger partial charge in [-0.25, -0.2) is 9.78 Å². The standard InChI is InChI=1S/C15H20N4O2/c1-2-18(9-10-20)15(21)17-11-13-5-3-4-6-14(13)19-8-7-16-12-19/h3-8,12,20H,2,9-11H2,1H3,(H,17,21). The Balaban J connectivity index is 2.05. The van der Waals surface area contributed by atoms with Gasteiger partial charge < -0.3 is 19.9 Å². The molecule has 2 N–H and O–H groups in total. The summed E-state index contributed by atoms with van der Waals surface area (Å²) in [4.78, 5) is 17.6. The number of aliphatic hydroxyl groups is 1. The van der Waals surface area contributed by atoms with Crippen molar-refractivity contribution in [1.29, 1.82) is 0 Å². The number of hydrogen-bond acceptors (Lipinski definition) is 3. The van der Waals surface area contributed by atoms with Crippen molar-refractivity contribution >= 4 is 6.03 Å². The van der Waals surface area contributed by atoms with E-state index in [2.05, 4.69) is 10.3 Å². The monoisotopic (exact) mass is 288 g/mol. The highest BCUT2D eigenvalue weighted by atomic mass is 16.3. The average molecular weight is 288 g/mol. The number of aliphatic hydroxyl groups excluding tert-OH is 1. The molecule has 112 valence electrons. The minimum Gasteiger partial charge on any atom is -0.395 e. The Labute approximate surface area is 124 Å². The van der Waals surface area contributed by atoms with Gasteiger partial charge in [0.2, 0.25) is 0 Å². The molecule has 0 unspecified atom stereocenters. The maximum Gasteiger partial charge on any atom is 0.317 e. The third kappa shape index (κ3) is 3.82. The molecule has 0 atom stereocenters. The molecule has 0 spiro atoms. The van der Waals surface area contributed by atoms with Crippen LogP contribution in [0.3, 0.4) is 0 Å². The molecule has 6 heteroatoms. The van der Waals surface area contributed by atoms with Crippen molar-refractivity contribution in [3.05, 3.63) is 48.5 Å². The molecule has 2 amide bonds. The second-order valence-electron chi connectivity index (χ2n) is 4.56. The smallest absolute Gasteiger partial charge is 0.317 e. The second kappa shape index (κ2) is 7.44. The van der Waals surface area contributed by atoms with E-state index in [1.165, 1.54) is 0 Å². The van der Waals surface area contributed by atoms with Gasteiger partial charge in [0.15, 0.2) is 0 Å². The van der Waals surface area contributed by atoms with Gasteiger partial charge in [0.1, 0.15) is 0 Å². The van der Waals surface area contributed by atoms with Crippen molar-refractivity contribution in [2.45, 2.75) is 13.5 Å².